The molecular formula is C12H18FNO2. The largest absolute Gasteiger partial charge is 0.483 e. The minimum Gasteiger partial charge on any atom is -0.483 e. The fourth-order valence-electron chi connectivity index (χ4n) is 1.37. The summed E-state index contributed by atoms with van der Waals surface area (Å²) in [5.74, 6) is -0.168. The maximum Gasteiger partial charge on any atom is 0.165 e. The minimum absolute atomic E-state index is 0.123. The summed E-state index contributed by atoms with van der Waals surface area (Å²) < 4.78 is 18.7. The number of hydrogen-bond acceptors (Lipinski definition) is 3. The highest BCUT2D eigenvalue weighted by Crippen LogP contribution is 2.19. The number of ether oxygens (including phenoxy) is 1. The van der Waals surface area contributed by atoms with Crippen molar-refractivity contribution in [3.63, 3.8) is 0 Å². The molecule has 0 bridgehead atoms. The quantitative estimate of drug-likeness (QED) is 0.802. The van der Waals surface area contributed by atoms with E-state index in [9.17, 15) is 9.50 Å². The summed E-state index contributed by atoms with van der Waals surface area (Å²) >= 11 is 0. The summed E-state index contributed by atoms with van der Waals surface area (Å²) in [7, 11) is 0. The second-order valence-electron chi connectivity index (χ2n) is 4.09. The Morgan fingerprint density at radius 3 is 2.50 bits per heavy atom. The average Bonchev–Trinajstić information content (AvgIpc) is 2.27. The fraction of sp³-hybridized carbons (Fsp3) is 0.500. The van der Waals surface area contributed by atoms with Crippen LogP contribution in [0.1, 0.15) is 13.8 Å². The Kier molecular flexibility index (Phi) is 4.71. The highest BCUT2D eigenvalue weighted by atomic mass is 19.1. The maximum absolute atomic E-state index is 13.3. The standard InChI is InChI=1S/C12H18FNO2/c1-8(2)12(14)11(7-15)16-10-6-4-3-5-9(10)13/h3-6,8,11-12,15H,7,14H2,1-2H3. The van der Waals surface area contributed by atoms with Crippen molar-refractivity contribution >= 4 is 0 Å². The first-order chi connectivity index (χ1) is 7.56. The van der Waals surface area contributed by atoms with Gasteiger partial charge in [-0.15, -0.1) is 0 Å². The van der Waals surface area contributed by atoms with Gasteiger partial charge in [0.2, 0.25) is 0 Å². The Morgan fingerprint density at radius 1 is 1.38 bits per heavy atom. The molecule has 0 aliphatic heterocycles. The van der Waals surface area contributed by atoms with Gasteiger partial charge >= 0.3 is 0 Å². The Labute approximate surface area is 95.0 Å². The molecule has 4 heteroatoms. The van der Waals surface area contributed by atoms with Crippen molar-refractivity contribution in [2.24, 2.45) is 11.7 Å². The van der Waals surface area contributed by atoms with Crippen LogP contribution in [0.25, 0.3) is 0 Å². The van der Waals surface area contributed by atoms with Crippen LogP contribution in [0.2, 0.25) is 0 Å². The number of aliphatic hydroxyl groups is 1. The molecular weight excluding hydrogens is 209 g/mol. The second kappa shape index (κ2) is 5.82. The predicted molar refractivity (Wildman–Crippen MR) is 60.7 cm³/mol. The summed E-state index contributed by atoms with van der Waals surface area (Å²) in [4.78, 5) is 0. The minimum atomic E-state index is -0.586. The maximum atomic E-state index is 13.3. The van der Waals surface area contributed by atoms with E-state index in [0.717, 1.165) is 0 Å². The number of hydrogen-bond donors (Lipinski definition) is 2. The molecule has 0 radical (unpaired) electrons. The summed E-state index contributed by atoms with van der Waals surface area (Å²) in [6.07, 6.45) is -0.586. The van der Waals surface area contributed by atoms with Crippen LogP contribution in [0, 0.1) is 11.7 Å². The van der Waals surface area contributed by atoms with Gasteiger partial charge in [-0.3, -0.25) is 0 Å². The van der Waals surface area contributed by atoms with Gasteiger partial charge in [-0.1, -0.05) is 26.0 Å². The third kappa shape index (κ3) is 3.18. The number of benzene rings is 1. The average molecular weight is 227 g/mol. The monoisotopic (exact) mass is 227 g/mol. The molecule has 2 atom stereocenters. The zero-order valence-corrected chi connectivity index (χ0v) is 9.56. The van der Waals surface area contributed by atoms with Crippen LogP contribution in [0.3, 0.4) is 0 Å². The van der Waals surface area contributed by atoms with Crippen molar-refractivity contribution in [3.8, 4) is 5.75 Å². The highest BCUT2D eigenvalue weighted by molar-refractivity contribution is 5.24. The molecule has 3 N–H and O–H groups in total. The van der Waals surface area contributed by atoms with E-state index in [1.807, 2.05) is 13.8 Å². The van der Waals surface area contributed by atoms with Gasteiger partial charge in [-0.2, -0.15) is 0 Å². The van der Waals surface area contributed by atoms with Crippen LogP contribution in [0.4, 0.5) is 4.39 Å². The number of rotatable bonds is 5. The Morgan fingerprint density at radius 2 is 2.00 bits per heavy atom. The molecule has 1 aromatic rings. The summed E-state index contributed by atoms with van der Waals surface area (Å²) in [5, 5.41) is 9.17. The zero-order chi connectivity index (χ0) is 12.1. The van der Waals surface area contributed by atoms with Crippen molar-refractivity contribution in [2.45, 2.75) is 26.0 Å². The third-order valence-corrected chi connectivity index (χ3v) is 2.49. The lowest BCUT2D eigenvalue weighted by Crippen LogP contribution is -2.45. The number of aliphatic hydroxyl groups excluding tert-OH is 1. The van der Waals surface area contributed by atoms with Gasteiger partial charge in [0.15, 0.2) is 11.6 Å². The van der Waals surface area contributed by atoms with Crippen molar-refractivity contribution in [2.75, 3.05) is 6.61 Å². The molecule has 16 heavy (non-hydrogen) atoms. The zero-order valence-electron chi connectivity index (χ0n) is 9.56. The first-order valence-corrected chi connectivity index (χ1v) is 5.34. The Bertz CT molecular complexity index is 331. The Hall–Kier alpha value is -1.13. The van der Waals surface area contributed by atoms with Crippen LogP contribution < -0.4 is 10.5 Å². The van der Waals surface area contributed by atoms with E-state index >= 15 is 0 Å². The van der Waals surface area contributed by atoms with Crippen molar-refractivity contribution in [1.82, 2.24) is 0 Å². The van der Waals surface area contributed by atoms with Gasteiger partial charge in [0.05, 0.1) is 6.61 Å². The topological polar surface area (TPSA) is 55.5 Å². The van der Waals surface area contributed by atoms with Crippen molar-refractivity contribution < 1.29 is 14.2 Å². The van der Waals surface area contributed by atoms with E-state index in [-0.39, 0.29) is 24.3 Å². The first kappa shape index (κ1) is 12.9. The van der Waals surface area contributed by atoms with E-state index in [0.29, 0.717) is 0 Å². The first-order valence-electron chi connectivity index (χ1n) is 5.34. The van der Waals surface area contributed by atoms with Gasteiger partial charge < -0.3 is 15.6 Å². The van der Waals surface area contributed by atoms with Crippen LogP contribution >= 0.6 is 0 Å². The van der Waals surface area contributed by atoms with E-state index in [2.05, 4.69) is 0 Å². The molecule has 0 amide bonds. The summed E-state index contributed by atoms with van der Waals surface area (Å²) in [5.41, 5.74) is 5.86. The molecule has 0 aromatic heterocycles. The van der Waals surface area contributed by atoms with Crippen LogP contribution in [0.15, 0.2) is 24.3 Å². The van der Waals surface area contributed by atoms with E-state index < -0.39 is 11.9 Å². The van der Waals surface area contributed by atoms with Crippen LogP contribution in [-0.2, 0) is 0 Å². The Balaban J connectivity index is 2.74. The molecule has 1 rings (SSSR count). The lowest BCUT2D eigenvalue weighted by Gasteiger charge is -2.26. The normalized spacial score (nSPS) is 14.9. The smallest absolute Gasteiger partial charge is 0.165 e. The van der Waals surface area contributed by atoms with Gasteiger partial charge in [0.1, 0.15) is 6.10 Å². The van der Waals surface area contributed by atoms with Crippen LogP contribution in [-0.4, -0.2) is 23.9 Å². The van der Waals surface area contributed by atoms with E-state index in [4.69, 9.17) is 10.5 Å². The third-order valence-electron chi connectivity index (χ3n) is 2.49. The molecule has 2 unspecified atom stereocenters. The molecule has 0 fully saturated rings. The van der Waals surface area contributed by atoms with Crippen LogP contribution in [0.5, 0.6) is 5.75 Å². The van der Waals surface area contributed by atoms with Gasteiger partial charge in [-0.05, 0) is 18.1 Å². The molecule has 0 aliphatic rings. The van der Waals surface area contributed by atoms with Gasteiger partial charge in [-0.25, -0.2) is 4.39 Å². The molecule has 0 spiro atoms. The molecule has 0 saturated carbocycles. The lowest BCUT2D eigenvalue weighted by molar-refractivity contribution is 0.0777. The molecule has 3 nitrogen and oxygen atoms in total. The predicted octanol–water partition coefficient (Wildman–Crippen LogP) is 1.55. The fourth-order valence-corrected chi connectivity index (χ4v) is 1.37. The SMILES string of the molecule is CC(C)C(N)C(CO)Oc1ccccc1F. The van der Waals surface area contributed by atoms with Crippen molar-refractivity contribution in [1.29, 1.82) is 0 Å². The molecule has 0 heterocycles. The molecule has 1 aromatic carbocycles. The highest BCUT2D eigenvalue weighted by Gasteiger charge is 2.22. The van der Waals surface area contributed by atoms with Crippen molar-refractivity contribution in [3.05, 3.63) is 30.1 Å². The van der Waals surface area contributed by atoms with Gasteiger partial charge in [0, 0.05) is 6.04 Å². The number of halogens is 1. The second-order valence-corrected chi connectivity index (χ2v) is 4.09. The summed E-state index contributed by atoms with van der Waals surface area (Å²) in [6, 6.07) is 5.76. The number of para-hydroxylation sites is 1. The number of nitrogens with two attached hydrogens (primary N) is 1. The van der Waals surface area contributed by atoms with Gasteiger partial charge in [0.25, 0.3) is 0 Å². The molecule has 0 saturated heterocycles. The summed E-state index contributed by atoms with van der Waals surface area (Å²) in [6.45, 7) is 3.63. The molecule has 0 aliphatic carbocycles. The lowest BCUT2D eigenvalue weighted by atomic mass is 10.00. The molecule has 90 valence electrons. The van der Waals surface area contributed by atoms with E-state index in [1.165, 1.54) is 12.1 Å². The van der Waals surface area contributed by atoms with E-state index in [1.54, 1.807) is 12.1 Å².